The van der Waals surface area contributed by atoms with Gasteiger partial charge in [0.05, 0.1) is 17.3 Å². The van der Waals surface area contributed by atoms with Crippen molar-refractivity contribution in [3.63, 3.8) is 0 Å². The zero-order valence-electron chi connectivity index (χ0n) is 13.1. The molecule has 1 heterocycles. The summed E-state index contributed by atoms with van der Waals surface area (Å²) in [6.45, 7) is 1.35. The first kappa shape index (κ1) is 18.6. The van der Waals surface area contributed by atoms with Crippen molar-refractivity contribution in [3.05, 3.63) is 23.8 Å². The first-order chi connectivity index (χ1) is 11.2. The Hall–Kier alpha value is -1.74. The van der Waals surface area contributed by atoms with Crippen LogP contribution in [0.2, 0.25) is 0 Å². The van der Waals surface area contributed by atoms with Crippen molar-refractivity contribution in [2.24, 2.45) is 0 Å². The second-order valence-electron chi connectivity index (χ2n) is 5.54. The van der Waals surface area contributed by atoms with Crippen LogP contribution in [-0.4, -0.2) is 54.5 Å². The van der Waals surface area contributed by atoms with Gasteiger partial charge < -0.3 is 15.2 Å². The highest BCUT2D eigenvalue weighted by molar-refractivity contribution is 8.02. The fraction of sp³-hybridized carbons (Fsp3) is 0.467. The summed E-state index contributed by atoms with van der Waals surface area (Å²) in [6.07, 6.45) is 0.592. The van der Waals surface area contributed by atoms with E-state index in [-0.39, 0.29) is 28.4 Å². The fourth-order valence-electron chi connectivity index (χ4n) is 2.28. The van der Waals surface area contributed by atoms with Crippen molar-refractivity contribution in [3.8, 4) is 5.75 Å². The summed E-state index contributed by atoms with van der Waals surface area (Å²) in [6, 6.07) is 4.88. The number of carboxylic acid groups (broad SMARTS) is 1. The number of anilines is 1. The molecular formula is C15H19NO6S2. The highest BCUT2D eigenvalue weighted by Crippen LogP contribution is 2.25. The van der Waals surface area contributed by atoms with Crippen molar-refractivity contribution in [1.29, 1.82) is 0 Å². The van der Waals surface area contributed by atoms with Crippen molar-refractivity contribution < 1.29 is 27.9 Å². The molecule has 1 amide bonds. The van der Waals surface area contributed by atoms with E-state index in [9.17, 15) is 18.0 Å². The highest BCUT2D eigenvalue weighted by atomic mass is 32.2. The summed E-state index contributed by atoms with van der Waals surface area (Å²) >= 11 is 1.35. The number of nitrogens with one attached hydrogen (secondary N) is 1. The Morgan fingerprint density at radius 1 is 1.42 bits per heavy atom. The van der Waals surface area contributed by atoms with Crippen molar-refractivity contribution >= 4 is 39.2 Å². The Morgan fingerprint density at radius 3 is 2.75 bits per heavy atom. The van der Waals surface area contributed by atoms with E-state index in [1.54, 1.807) is 25.1 Å². The van der Waals surface area contributed by atoms with E-state index in [0.717, 1.165) is 5.56 Å². The van der Waals surface area contributed by atoms with Gasteiger partial charge in [-0.2, -0.15) is 0 Å². The molecule has 1 atom stereocenters. The highest BCUT2D eigenvalue weighted by Gasteiger charge is 2.28. The van der Waals surface area contributed by atoms with Crippen LogP contribution in [0.1, 0.15) is 12.0 Å². The zero-order valence-corrected chi connectivity index (χ0v) is 14.8. The Balaban J connectivity index is 1.84. The maximum absolute atomic E-state index is 12.0. The van der Waals surface area contributed by atoms with Gasteiger partial charge in [0.25, 0.3) is 0 Å². The molecule has 7 nitrogen and oxygen atoms in total. The first-order valence-corrected chi connectivity index (χ1v) is 10.2. The van der Waals surface area contributed by atoms with Gasteiger partial charge in [0.15, 0.2) is 16.4 Å². The molecule has 1 aliphatic rings. The van der Waals surface area contributed by atoms with E-state index < -0.39 is 22.4 Å². The van der Waals surface area contributed by atoms with Crippen LogP contribution >= 0.6 is 11.8 Å². The number of carboxylic acids is 1. The Kier molecular flexibility index (Phi) is 6.11. The molecule has 0 bridgehead atoms. The van der Waals surface area contributed by atoms with Gasteiger partial charge in [0.1, 0.15) is 5.75 Å². The Morgan fingerprint density at radius 2 is 2.17 bits per heavy atom. The number of hydrogen-bond donors (Lipinski definition) is 2. The van der Waals surface area contributed by atoms with E-state index in [2.05, 4.69) is 5.32 Å². The number of sulfone groups is 1. The van der Waals surface area contributed by atoms with E-state index in [1.807, 2.05) is 0 Å². The molecule has 1 unspecified atom stereocenters. The second kappa shape index (κ2) is 7.89. The third-order valence-corrected chi connectivity index (χ3v) is 6.76. The number of carbonyl (C=O) groups is 2. The molecule has 24 heavy (non-hydrogen) atoms. The molecule has 2 rings (SSSR count). The summed E-state index contributed by atoms with van der Waals surface area (Å²) in [5, 5.41) is 11.3. The van der Waals surface area contributed by atoms with Gasteiger partial charge in [-0.15, -0.1) is 11.8 Å². The van der Waals surface area contributed by atoms with E-state index in [0.29, 0.717) is 17.9 Å². The van der Waals surface area contributed by atoms with Crippen LogP contribution in [0.5, 0.6) is 5.75 Å². The Labute approximate surface area is 144 Å². The molecule has 0 spiro atoms. The minimum absolute atomic E-state index is 0.0198. The summed E-state index contributed by atoms with van der Waals surface area (Å²) in [4.78, 5) is 22.5. The van der Waals surface area contributed by atoms with Crippen LogP contribution in [0, 0.1) is 6.92 Å². The summed E-state index contributed by atoms with van der Waals surface area (Å²) in [5.41, 5.74) is 1.36. The number of benzene rings is 1. The summed E-state index contributed by atoms with van der Waals surface area (Å²) in [5.74, 6) is -0.319. The van der Waals surface area contributed by atoms with Gasteiger partial charge in [-0.05, 0) is 37.1 Å². The maximum Gasteiger partial charge on any atom is 0.341 e. The normalized spacial score (nSPS) is 19.0. The van der Waals surface area contributed by atoms with Gasteiger partial charge in [-0.3, -0.25) is 4.79 Å². The number of hydrogen-bond acceptors (Lipinski definition) is 6. The predicted octanol–water partition coefficient (Wildman–Crippen LogP) is 1.32. The van der Waals surface area contributed by atoms with Crippen LogP contribution in [-0.2, 0) is 19.4 Å². The fourth-order valence-corrected chi connectivity index (χ4v) is 5.73. The average molecular weight is 373 g/mol. The molecule has 1 aromatic rings. The topological polar surface area (TPSA) is 110 Å². The standard InChI is InChI=1S/C15H19NO6S2/c1-10-6-11(22-7-15(18)19)2-3-13(10)16-14(17)8-23-12-4-5-24(20,21)9-12/h2-3,6,12H,4-5,7-9H2,1H3,(H,16,17)(H,18,19). The van der Waals surface area contributed by atoms with Crippen LogP contribution in [0.25, 0.3) is 0 Å². The van der Waals surface area contributed by atoms with Crippen LogP contribution in [0.4, 0.5) is 5.69 Å². The molecule has 9 heteroatoms. The van der Waals surface area contributed by atoms with Crippen LogP contribution in [0.15, 0.2) is 18.2 Å². The van der Waals surface area contributed by atoms with Gasteiger partial charge >= 0.3 is 5.97 Å². The molecule has 2 N–H and O–H groups in total. The van der Waals surface area contributed by atoms with Gasteiger partial charge in [-0.1, -0.05) is 0 Å². The smallest absolute Gasteiger partial charge is 0.341 e. The first-order valence-electron chi connectivity index (χ1n) is 7.32. The lowest BCUT2D eigenvalue weighted by molar-refractivity contribution is -0.139. The van der Waals surface area contributed by atoms with Gasteiger partial charge in [0, 0.05) is 10.9 Å². The Bertz CT molecular complexity index is 731. The minimum Gasteiger partial charge on any atom is -0.482 e. The largest absolute Gasteiger partial charge is 0.482 e. The van der Waals surface area contributed by atoms with Crippen molar-refractivity contribution in [2.75, 3.05) is 29.2 Å². The minimum atomic E-state index is -2.93. The van der Waals surface area contributed by atoms with Crippen LogP contribution < -0.4 is 10.1 Å². The molecule has 1 aliphatic heterocycles. The number of ether oxygens (including phenoxy) is 1. The van der Waals surface area contributed by atoms with Crippen molar-refractivity contribution in [1.82, 2.24) is 0 Å². The number of thioether (sulfide) groups is 1. The van der Waals surface area contributed by atoms with Gasteiger partial charge in [0.2, 0.25) is 5.91 Å². The molecular weight excluding hydrogens is 354 g/mol. The molecule has 1 fully saturated rings. The quantitative estimate of drug-likeness (QED) is 0.741. The second-order valence-corrected chi connectivity index (χ2v) is 9.06. The number of aryl methyl sites for hydroxylation is 1. The number of carbonyl (C=O) groups excluding carboxylic acids is 1. The number of rotatable bonds is 7. The third-order valence-electron chi connectivity index (χ3n) is 3.48. The van der Waals surface area contributed by atoms with Crippen molar-refractivity contribution in [2.45, 2.75) is 18.6 Å². The zero-order chi connectivity index (χ0) is 17.7. The molecule has 0 aromatic heterocycles. The van der Waals surface area contributed by atoms with E-state index in [4.69, 9.17) is 9.84 Å². The molecule has 0 saturated carbocycles. The van der Waals surface area contributed by atoms with Gasteiger partial charge in [-0.25, -0.2) is 13.2 Å². The van der Waals surface area contributed by atoms with Crippen LogP contribution in [0.3, 0.4) is 0 Å². The maximum atomic E-state index is 12.0. The number of aliphatic carboxylic acids is 1. The predicted molar refractivity (Wildman–Crippen MR) is 92.5 cm³/mol. The molecule has 0 radical (unpaired) electrons. The lowest BCUT2D eigenvalue weighted by atomic mass is 10.2. The molecule has 1 aromatic carbocycles. The number of amides is 1. The summed E-state index contributed by atoms with van der Waals surface area (Å²) in [7, 11) is -2.93. The third kappa shape index (κ3) is 5.72. The van der Waals surface area contributed by atoms with E-state index in [1.165, 1.54) is 11.8 Å². The molecule has 132 valence electrons. The lowest BCUT2D eigenvalue weighted by Gasteiger charge is -2.11. The molecule has 1 saturated heterocycles. The van der Waals surface area contributed by atoms with E-state index >= 15 is 0 Å². The molecule has 0 aliphatic carbocycles. The lowest BCUT2D eigenvalue weighted by Crippen LogP contribution is -2.18. The summed E-state index contributed by atoms with van der Waals surface area (Å²) < 4.78 is 27.8. The SMILES string of the molecule is Cc1cc(OCC(=O)O)ccc1NC(=O)CSC1CCS(=O)(=O)C1. The monoisotopic (exact) mass is 373 g/mol. The average Bonchev–Trinajstić information content (AvgIpc) is 2.85.